The van der Waals surface area contributed by atoms with Crippen LogP contribution in [-0.4, -0.2) is 18.5 Å². The summed E-state index contributed by atoms with van der Waals surface area (Å²) in [7, 11) is 1.95. The maximum Gasteiger partial charge on any atom is 0.324 e. The second kappa shape index (κ2) is 6.82. The van der Waals surface area contributed by atoms with Gasteiger partial charge in [-0.05, 0) is 31.4 Å². The van der Waals surface area contributed by atoms with Gasteiger partial charge in [-0.1, -0.05) is 42.2 Å². The zero-order chi connectivity index (χ0) is 13.7. The van der Waals surface area contributed by atoms with Crippen LogP contribution in [-0.2, 0) is 0 Å². The molecule has 1 saturated carbocycles. The van der Waals surface area contributed by atoms with Crippen molar-refractivity contribution in [2.24, 2.45) is 5.92 Å². The van der Waals surface area contributed by atoms with Crippen LogP contribution < -0.4 is 5.32 Å². The van der Waals surface area contributed by atoms with E-state index in [0.29, 0.717) is 5.92 Å². The third-order valence-electron chi connectivity index (χ3n) is 3.65. The number of nitro groups is 1. The summed E-state index contributed by atoms with van der Waals surface area (Å²) in [5, 5.41) is 16.0. The summed E-state index contributed by atoms with van der Waals surface area (Å²) in [4.78, 5) is 10.4. The van der Waals surface area contributed by atoms with E-state index in [1.54, 1.807) is 6.07 Å². The van der Waals surface area contributed by atoms with Crippen LogP contribution in [0.4, 0.5) is 5.00 Å². The van der Waals surface area contributed by atoms with E-state index in [2.05, 4.69) is 11.4 Å². The molecule has 0 atom stereocenters. The molecule has 0 amide bonds. The minimum atomic E-state index is -0.319. The number of likely N-dealkylation sites (N-methyl/N-ethyl adjacent to an activating group) is 1. The van der Waals surface area contributed by atoms with Crippen molar-refractivity contribution in [2.75, 3.05) is 13.6 Å². The Morgan fingerprint density at radius 2 is 2.26 bits per heavy atom. The molecule has 1 fully saturated rings. The fraction of sp³-hybridized carbons (Fsp3) is 0.571. The largest absolute Gasteiger partial charge is 0.324 e. The standard InChI is InChI=1S/C14H20N2O2S/c1-15-9-13(12-5-3-2-4-6-12)7-11-8-14(16(17)18)19-10-11/h7-8,10,12,15H,2-6,9H2,1H3. The Morgan fingerprint density at radius 3 is 2.84 bits per heavy atom. The summed E-state index contributed by atoms with van der Waals surface area (Å²) in [6.07, 6.45) is 8.58. The van der Waals surface area contributed by atoms with E-state index in [4.69, 9.17) is 0 Å². The van der Waals surface area contributed by atoms with Crippen molar-refractivity contribution >= 4 is 22.4 Å². The lowest BCUT2D eigenvalue weighted by Gasteiger charge is -2.24. The Labute approximate surface area is 117 Å². The summed E-state index contributed by atoms with van der Waals surface area (Å²) in [5.74, 6) is 0.639. The number of rotatable bonds is 5. The highest BCUT2D eigenvalue weighted by Crippen LogP contribution is 2.32. The minimum Gasteiger partial charge on any atom is -0.316 e. The molecule has 1 N–H and O–H groups in total. The Bertz CT molecular complexity index is 462. The molecule has 0 aliphatic heterocycles. The van der Waals surface area contributed by atoms with Gasteiger partial charge in [0.1, 0.15) is 0 Å². The molecule has 1 aliphatic rings. The third-order valence-corrected chi connectivity index (χ3v) is 4.55. The highest BCUT2D eigenvalue weighted by Gasteiger charge is 2.18. The predicted octanol–water partition coefficient (Wildman–Crippen LogP) is 3.84. The summed E-state index contributed by atoms with van der Waals surface area (Å²) in [6, 6.07) is 1.67. The third kappa shape index (κ3) is 3.88. The van der Waals surface area contributed by atoms with E-state index >= 15 is 0 Å². The highest BCUT2D eigenvalue weighted by atomic mass is 32.1. The average molecular weight is 280 g/mol. The first-order chi connectivity index (χ1) is 9.20. The minimum absolute atomic E-state index is 0.221. The Balaban J connectivity index is 2.15. The van der Waals surface area contributed by atoms with Crippen LogP contribution in [0.25, 0.3) is 6.08 Å². The number of hydrogen-bond acceptors (Lipinski definition) is 4. The fourth-order valence-electron chi connectivity index (χ4n) is 2.72. The molecular formula is C14H20N2O2S. The van der Waals surface area contributed by atoms with Crippen molar-refractivity contribution in [1.29, 1.82) is 0 Å². The number of nitrogens with zero attached hydrogens (tertiary/aromatic N) is 1. The lowest BCUT2D eigenvalue weighted by molar-refractivity contribution is -0.380. The second-order valence-corrected chi connectivity index (χ2v) is 5.95. The van der Waals surface area contributed by atoms with Gasteiger partial charge in [0.2, 0.25) is 0 Å². The quantitative estimate of drug-likeness (QED) is 0.658. The van der Waals surface area contributed by atoms with Gasteiger partial charge in [0, 0.05) is 18.0 Å². The lowest BCUT2D eigenvalue weighted by Crippen LogP contribution is -2.19. The van der Waals surface area contributed by atoms with E-state index < -0.39 is 0 Å². The molecule has 1 aromatic rings. The highest BCUT2D eigenvalue weighted by molar-refractivity contribution is 7.13. The van der Waals surface area contributed by atoms with Gasteiger partial charge < -0.3 is 5.32 Å². The van der Waals surface area contributed by atoms with Crippen LogP contribution in [0.2, 0.25) is 0 Å². The van der Waals surface area contributed by atoms with E-state index in [1.165, 1.54) is 49.0 Å². The van der Waals surface area contributed by atoms with Crippen molar-refractivity contribution in [1.82, 2.24) is 5.32 Å². The molecule has 104 valence electrons. The Hall–Kier alpha value is -1.20. The fourth-order valence-corrected chi connectivity index (χ4v) is 3.40. The van der Waals surface area contributed by atoms with Gasteiger partial charge in [-0.15, -0.1) is 0 Å². The Kier molecular flexibility index (Phi) is 5.10. The van der Waals surface area contributed by atoms with Crippen LogP contribution in [0.5, 0.6) is 0 Å². The van der Waals surface area contributed by atoms with E-state index in [-0.39, 0.29) is 9.92 Å². The molecule has 1 heterocycles. The zero-order valence-electron chi connectivity index (χ0n) is 11.2. The van der Waals surface area contributed by atoms with Crippen LogP contribution in [0.3, 0.4) is 0 Å². The van der Waals surface area contributed by atoms with Gasteiger partial charge in [-0.2, -0.15) is 0 Å². The van der Waals surface area contributed by atoms with Crippen LogP contribution in [0, 0.1) is 16.0 Å². The first kappa shape index (κ1) is 14.2. The van der Waals surface area contributed by atoms with Crippen molar-refractivity contribution in [3.8, 4) is 0 Å². The molecule has 4 nitrogen and oxygen atoms in total. The summed E-state index contributed by atoms with van der Waals surface area (Å²) < 4.78 is 0. The number of hydrogen-bond donors (Lipinski definition) is 1. The van der Waals surface area contributed by atoms with Gasteiger partial charge in [0.05, 0.1) is 4.92 Å². The SMILES string of the molecule is CNCC(=Cc1csc([N+](=O)[O-])c1)C1CCCCC1. The zero-order valence-corrected chi connectivity index (χ0v) is 12.0. The maximum absolute atomic E-state index is 10.7. The van der Waals surface area contributed by atoms with Crippen molar-refractivity contribution < 1.29 is 4.92 Å². The molecule has 2 rings (SSSR count). The summed E-state index contributed by atoms with van der Waals surface area (Å²) >= 11 is 1.20. The molecule has 0 bridgehead atoms. The molecule has 0 radical (unpaired) electrons. The topological polar surface area (TPSA) is 55.2 Å². The Morgan fingerprint density at radius 1 is 1.53 bits per heavy atom. The molecule has 1 aromatic heterocycles. The molecule has 5 heteroatoms. The van der Waals surface area contributed by atoms with Gasteiger partial charge in [0.15, 0.2) is 0 Å². The van der Waals surface area contributed by atoms with E-state index in [0.717, 1.165) is 12.1 Å². The summed E-state index contributed by atoms with van der Waals surface area (Å²) in [6.45, 7) is 0.869. The molecule has 1 aliphatic carbocycles. The van der Waals surface area contributed by atoms with Gasteiger partial charge in [-0.25, -0.2) is 0 Å². The molecule has 0 unspecified atom stereocenters. The molecule has 0 aromatic carbocycles. The smallest absolute Gasteiger partial charge is 0.316 e. The monoisotopic (exact) mass is 280 g/mol. The van der Waals surface area contributed by atoms with Crippen molar-refractivity contribution in [3.05, 3.63) is 32.7 Å². The maximum atomic E-state index is 10.7. The van der Waals surface area contributed by atoms with Gasteiger partial charge in [0.25, 0.3) is 0 Å². The van der Waals surface area contributed by atoms with Gasteiger partial charge >= 0.3 is 5.00 Å². The average Bonchev–Trinajstić information content (AvgIpc) is 2.88. The molecular weight excluding hydrogens is 260 g/mol. The second-order valence-electron chi connectivity index (χ2n) is 5.06. The van der Waals surface area contributed by atoms with Crippen molar-refractivity contribution in [2.45, 2.75) is 32.1 Å². The van der Waals surface area contributed by atoms with Crippen LogP contribution in [0.1, 0.15) is 37.7 Å². The molecule has 19 heavy (non-hydrogen) atoms. The summed E-state index contributed by atoms with van der Waals surface area (Å²) in [5.41, 5.74) is 2.35. The number of nitrogens with one attached hydrogen (secondary N) is 1. The van der Waals surface area contributed by atoms with Crippen LogP contribution >= 0.6 is 11.3 Å². The van der Waals surface area contributed by atoms with E-state index in [9.17, 15) is 10.1 Å². The lowest BCUT2D eigenvalue weighted by atomic mass is 9.83. The van der Waals surface area contributed by atoms with Crippen molar-refractivity contribution in [3.63, 3.8) is 0 Å². The van der Waals surface area contributed by atoms with Gasteiger partial charge in [-0.3, -0.25) is 10.1 Å². The predicted molar refractivity (Wildman–Crippen MR) is 79.5 cm³/mol. The number of thiophene rings is 1. The van der Waals surface area contributed by atoms with Crippen LogP contribution in [0.15, 0.2) is 17.0 Å². The first-order valence-corrected chi connectivity index (χ1v) is 7.66. The normalized spacial score (nSPS) is 17.6. The van der Waals surface area contributed by atoms with E-state index in [1.807, 2.05) is 12.4 Å². The molecule has 0 saturated heterocycles. The first-order valence-electron chi connectivity index (χ1n) is 6.78. The molecule has 0 spiro atoms.